The summed E-state index contributed by atoms with van der Waals surface area (Å²) in [5.41, 5.74) is 1.79. The molecule has 0 unspecified atom stereocenters. The van der Waals surface area contributed by atoms with Crippen molar-refractivity contribution in [2.45, 2.75) is 33.1 Å². The van der Waals surface area contributed by atoms with Gasteiger partial charge in [-0.1, -0.05) is 20.8 Å². The molecule has 0 spiro atoms. The van der Waals surface area contributed by atoms with E-state index in [0.717, 1.165) is 26.9 Å². The van der Waals surface area contributed by atoms with Crippen LogP contribution in [0.1, 0.15) is 40.3 Å². The summed E-state index contributed by atoms with van der Waals surface area (Å²) in [5.74, 6) is 0.628. The van der Waals surface area contributed by atoms with Crippen molar-refractivity contribution in [1.29, 1.82) is 0 Å². The van der Waals surface area contributed by atoms with Crippen LogP contribution in [0.15, 0.2) is 30.5 Å². The number of nitrogens with one attached hydrogen (secondary N) is 1. The molecule has 3 aromatic rings. The first-order valence-electron chi connectivity index (χ1n) is 8.17. The number of anilines is 1. The Balaban J connectivity index is 1.78. The Morgan fingerprint density at radius 2 is 1.85 bits per heavy atom. The lowest BCUT2D eigenvalue weighted by molar-refractivity contribution is 0.103. The number of hydrogen-bond donors (Lipinski definition) is 1. The highest BCUT2D eigenvalue weighted by atomic mass is 32.1. The molecule has 0 fully saturated rings. The standard InChI is InChI=1S/C19H21N3O2S2/c1-11-15(12-6-8-13(24-5)9-7-12)21-18(25-11)22-16(23)14-10-20-17(26-14)19(2,3)4/h6-10H,1-5H3,(H,21,22,23). The van der Waals surface area contributed by atoms with E-state index in [9.17, 15) is 4.79 Å². The van der Waals surface area contributed by atoms with Crippen molar-refractivity contribution in [2.75, 3.05) is 12.4 Å². The first kappa shape index (κ1) is 18.5. The van der Waals surface area contributed by atoms with Crippen LogP contribution in [0, 0.1) is 6.92 Å². The second kappa shape index (κ2) is 7.17. The topological polar surface area (TPSA) is 64.1 Å². The largest absolute Gasteiger partial charge is 0.497 e. The number of benzene rings is 1. The number of methoxy groups -OCH3 is 1. The quantitative estimate of drug-likeness (QED) is 0.674. The monoisotopic (exact) mass is 387 g/mol. The minimum atomic E-state index is -0.173. The third-order valence-electron chi connectivity index (χ3n) is 3.75. The van der Waals surface area contributed by atoms with Crippen molar-refractivity contribution in [2.24, 2.45) is 0 Å². The van der Waals surface area contributed by atoms with Gasteiger partial charge in [0.1, 0.15) is 10.6 Å². The molecule has 136 valence electrons. The molecular formula is C19H21N3O2S2. The molecule has 3 rings (SSSR count). The van der Waals surface area contributed by atoms with E-state index in [4.69, 9.17) is 4.74 Å². The molecule has 1 aromatic carbocycles. The maximum absolute atomic E-state index is 12.5. The molecule has 0 radical (unpaired) electrons. The highest BCUT2D eigenvalue weighted by Crippen LogP contribution is 2.32. The third-order valence-corrected chi connectivity index (χ3v) is 6.06. The lowest BCUT2D eigenvalue weighted by atomic mass is 9.98. The first-order valence-corrected chi connectivity index (χ1v) is 9.81. The number of aryl methyl sites for hydroxylation is 1. The van der Waals surface area contributed by atoms with Crippen LogP contribution in [0.5, 0.6) is 5.75 Å². The smallest absolute Gasteiger partial charge is 0.269 e. The minimum Gasteiger partial charge on any atom is -0.497 e. The van der Waals surface area contributed by atoms with Gasteiger partial charge in [0, 0.05) is 15.9 Å². The SMILES string of the molecule is COc1ccc(-c2nc(NC(=O)c3cnc(C(C)(C)C)s3)sc2C)cc1. The molecule has 0 aliphatic heterocycles. The number of carbonyl (C=O) groups is 1. The van der Waals surface area contributed by atoms with E-state index >= 15 is 0 Å². The summed E-state index contributed by atoms with van der Waals surface area (Å²) in [6, 6.07) is 7.73. The summed E-state index contributed by atoms with van der Waals surface area (Å²) in [4.78, 5) is 23.1. The zero-order valence-corrected chi connectivity index (χ0v) is 17.0. The molecule has 1 N–H and O–H groups in total. The van der Waals surface area contributed by atoms with E-state index in [1.165, 1.54) is 22.7 Å². The number of rotatable bonds is 4. The number of thiazole rings is 2. The number of aromatic nitrogens is 2. The second-order valence-corrected chi connectivity index (χ2v) is 9.12. The van der Waals surface area contributed by atoms with Gasteiger partial charge in [-0.15, -0.1) is 22.7 Å². The van der Waals surface area contributed by atoms with E-state index in [-0.39, 0.29) is 11.3 Å². The van der Waals surface area contributed by atoms with Crippen molar-refractivity contribution in [3.63, 3.8) is 0 Å². The summed E-state index contributed by atoms with van der Waals surface area (Å²) in [6.07, 6.45) is 1.63. The second-order valence-electron chi connectivity index (χ2n) is 6.89. The fourth-order valence-corrected chi connectivity index (χ4v) is 4.05. The summed E-state index contributed by atoms with van der Waals surface area (Å²) in [7, 11) is 1.64. The van der Waals surface area contributed by atoms with Gasteiger partial charge in [-0.3, -0.25) is 10.1 Å². The summed E-state index contributed by atoms with van der Waals surface area (Å²) in [6.45, 7) is 8.24. The summed E-state index contributed by atoms with van der Waals surface area (Å²) < 4.78 is 5.19. The first-order chi connectivity index (χ1) is 12.3. The van der Waals surface area contributed by atoms with Gasteiger partial charge in [0.2, 0.25) is 0 Å². The fraction of sp³-hybridized carbons (Fsp3) is 0.316. The van der Waals surface area contributed by atoms with Crippen molar-refractivity contribution >= 4 is 33.7 Å². The summed E-state index contributed by atoms with van der Waals surface area (Å²) >= 11 is 2.88. The van der Waals surface area contributed by atoms with Crippen LogP contribution < -0.4 is 10.1 Å². The molecule has 2 aromatic heterocycles. The van der Waals surface area contributed by atoms with Gasteiger partial charge < -0.3 is 4.74 Å². The van der Waals surface area contributed by atoms with E-state index < -0.39 is 0 Å². The van der Waals surface area contributed by atoms with Crippen LogP contribution in [-0.4, -0.2) is 23.0 Å². The molecule has 0 saturated heterocycles. The molecule has 5 nitrogen and oxygen atoms in total. The molecule has 1 amide bonds. The van der Waals surface area contributed by atoms with Gasteiger partial charge in [0.15, 0.2) is 5.13 Å². The zero-order valence-electron chi connectivity index (χ0n) is 15.4. The Morgan fingerprint density at radius 3 is 2.42 bits per heavy atom. The third kappa shape index (κ3) is 3.94. The number of carbonyl (C=O) groups excluding carboxylic acids is 1. The van der Waals surface area contributed by atoms with Gasteiger partial charge >= 0.3 is 0 Å². The van der Waals surface area contributed by atoms with Crippen molar-refractivity contribution in [3.8, 4) is 17.0 Å². The maximum atomic E-state index is 12.5. The average Bonchev–Trinajstić information content (AvgIpc) is 3.22. The Bertz CT molecular complexity index is 921. The molecular weight excluding hydrogens is 366 g/mol. The molecule has 0 bridgehead atoms. The predicted molar refractivity (Wildman–Crippen MR) is 108 cm³/mol. The van der Waals surface area contributed by atoms with Gasteiger partial charge in [0.25, 0.3) is 5.91 Å². The van der Waals surface area contributed by atoms with Gasteiger partial charge in [-0.25, -0.2) is 9.97 Å². The van der Waals surface area contributed by atoms with Crippen molar-refractivity contribution in [3.05, 3.63) is 45.2 Å². The molecule has 7 heteroatoms. The number of hydrogen-bond acceptors (Lipinski definition) is 6. The van der Waals surface area contributed by atoms with E-state index in [1.54, 1.807) is 13.3 Å². The molecule has 26 heavy (non-hydrogen) atoms. The fourth-order valence-electron chi connectivity index (χ4n) is 2.35. The molecule has 0 aliphatic carbocycles. The molecule has 0 aliphatic rings. The highest BCUT2D eigenvalue weighted by Gasteiger charge is 2.21. The number of ether oxygens (including phenoxy) is 1. The van der Waals surface area contributed by atoms with Crippen molar-refractivity contribution < 1.29 is 9.53 Å². The van der Waals surface area contributed by atoms with Gasteiger partial charge in [-0.05, 0) is 31.2 Å². The van der Waals surface area contributed by atoms with Crippen LogP contribution in [0.3, 0.4) is 0 Å². The summed E-state index contributed by atoms with van der Waals surface area (Å²) in [5, 5.41) is 4.42. The zero-order chi connectivity index (χ0) is 18.9. The normalized spacial score (nSPS) is 11.4. The van der Waals surface area contributed by atoms with E-state index in [0.29, 0.717) is 10.0 Å². The molecule has 0 saturated carbocycles. The highest BCUT2D eigenvalue weighted by molar-refractivity contribution is 7.16. The lowest BCUT2D eigenvalue weighted by Gasteiger charge is -2.13. The Labute approximate surface area is 161 Å². The number of amides is 1. The number of nitrogens with zero attached hydrogens (tertiary/aromatic N) is 2. The van der Waals surface area contributed by atoms with Crippen LogP contribution in [-0.2, 0) is 5.41 Å². The van der Waals surface area contributed by atoms with Crippen molar-refractivity contribution in [1.82, 2.24) is 9.97 Å². The van der Waals surface area contributed by atoms with Crippen LogP contribution >= 0.6 is 22.7 Å². The van der Waals surface area contributed by atoms with Crippen LogP contribution in [0.2, 0.25) is 0 Å². The van der Waals surface area contributed by atoms with Gasteiger partial charge in [-0.2, -0.15) is 0 Å². The van der Waals surface area contributed by atoms with Crippen LogP contribution in [0.25, 0.3) is 11.3 Å². The Hall–Kier alpha value is -2.25. The molecule has 0 atom stereocenters. The predicted octanol–water partition coefficient (Wildman–Crippen LogP) is 5.13. The van der Waals surface area contributed by atoms with Gasteiger partial charge in [0.05, 0.1) is 24.0 Å². The molecule has 2 heterocycles. The Morgan fingerprint density at radius 1 is 1.15 bits per heavy atom. The lowest BCUT2D eigenvalue weighted by Crippen LogP contribution is -2.10. The Kier molecular flexibility index (Phi) is 5.11. The van der Waals surface area contributed by atoms with Crippen LogP contribution in [0.4, 0.5) is 5.13 Å². The van der Waals surface area contributed by atoms with E-state index in [1.807, 2.05) is 31.2 Å². The minimum absolute atomic E-state index is 0.0670. The van der Waals surface area contributed by atoms with E-state index in [2.05, 4.69) is 36.1 Å². The maximum Gasteiger partial charge on any atom is 0.269 e. The average molecular weight is 388 g/mol.